The molecule has 0 saturated carbocycles. The first-order valence-corrected chi connectivity index (χ1v) is 8.85. The first kappa shape index (κ1) is 15.7. The van der Waals surface area contributed by atoms with Gasteiger partial charge in [-0.3, -0.25) is 9.20 Å². The van der Waals surface area contributed by atoms with Gasteiger partial charge in [0.25, 0.3) is 11.7 Å². The molecule has 1 saturated heterocycles. The minimum Gasteiger partial charge on any atom is -0.336 e. The number of nitrogens with zero attached hydrogens (tertiary/aromatic N) is 5. The lowest BCUT2D eigenvalue weighted by Crippen LogP contribution is -2.43. The van der Waals surface area contributed by atoms with Crippen molar-refractivity contribution in [2.24, 2.45) is 0 Å². The molecular weight excluding hydrogens is 314 g/mol. The predicted octanol–water partition coefficient (Wildman–Crippen LogP) is 3.20. The summed E-state index contributed by atoms with van der Waals surface area (Å²) in [6.07, 6.45) is 8.02. The maximum Gasteiger partial charge on any atom is 0.255 e. The van der Waals surface area contributed by atoms with Crippen LogP contribution in [0.1, 0.15) is 43.0 Å². The van der Waals surface area contributed by atoms with Gasteiger partial charge < -0.3 is 4.90 Å². The van der Waals surface area contributed by atoms with Gasteiger partial charge in [-0.25, -0.2) is 4.98 Å². The molecule has 2 aromatic heterocycles. The van der Waals surface area contributed by atoms with Crippen LogP contribution < -0.4 is 0 Å². The molecule has 3 heterocycles. The predicted molar refractivity (Wildman–Crippen MR) is 95.2 cm³/mol. The maximum absolute atomic E-state index is 12.9. The standard InChI is InChI=1S/C19H21N5O/c1-2-16-6-3-4-12-23(16)18(25)15-9-7-14(8-10-15)17-21-22-19-20-11-5-13-24(17)19/h5,7-11,13,16H,2-4,6,12H2,1H3. The molecule has 0 radical (unpaired) electrons. The van der Waals surface area contributed by atoms with Gasteiger partial charge in [-0.05, 0) is 43.9 Å². The van der Waals surface area contributed by atoms with Gasteiger partial charge in [-0.2, -0.15) is 0 Å². The van der Waals surface area contributed by atoms with E-state index in [2.05, 4.69) is 22.1 Å². The van der Waals surface area contributed by atoms with Crippen LogP contribution in [-0.4, -0.2) is 43.0 Å². The second kappa shape index (κ2) is 6.63. The summed E-state index contributed by atoms with van der Waals surface area (Å²) in [4.78, 5) is 19.1. The maximum atomic E-state index is 12.9. The quantitative estimate of drug-likeness (QED) is 0.737. The molecule has 1 aromatic carbocycles. The van der Waals surface area contributed by atoms with Gasteiger partial charge >= 0.3 is 0 Å². The highest BCUT2D eigenvalue weighted by Gasteiger charge is 2.26. The average Bonchev–Trinajstić information content (AvgIpc) is 3.11. The van der Waals surface area contributed by atoms with Crippen LogP contribution in [0.4, 0.5) is 0 Å². The Morgan fingerprint density at radius 1 is 1.20 bits per heavy atom. The van der Waals surface area contributed by atoms with Crippen molar-refractivity contribution in [3.05, 3.63) is 48.3 Å². The Morgan fingerprint density at radius 3 is 2.84 bits per heavy atom. The number of likely N-dealkylation sites (tertiary alicyclic amines) is 1. The number of carbonyl (C=O) groups excluding carboxylic acids is 1. The molecule has 6 nitrogen and oxygen atoms in total. The molecular formula is C19H21N5O. The zero-order chi connectivity index (χ0) is 17.2. The van der Waals surface area contributed by atoms with Crippen LogP contribution in [0.25, 0.3) is 17.2 Å². The summed E-state index contributed by atoms with van der Waals surface area (Å²) >= 11 is 0. The second-order valence-corrected chi connectivity index (χ2v) is 6.45. The van der Waals surface area contributed by atoms with Crippen LogP contribution in [-0.2, 0) is 0 Å². The normalized spacial score (nSPS) is 17.8. The van der Waals surface area contributed by atoms with Gasteiger partial charge in [0.05, 0.1) is 0 Å². The molecule has 1 fully saturated rings. The molecule has 1 aliphatic heterocycles. The number of amides is 1. The number of benzene rings is 1. The fourth-order valence-electron chi connectivity index (χ4n) is 3.56. The van der Waals surface area contributed by atoms with Crippen LogP contribution in [0, 0.1) is 0 Å². The number of hydrogen-bond acceptors (Lipinski definition) is 4. The Morgan fingerprint density at radius 2 is 2.04 bits per heavy atom. The zero-order valence-corrected chi connectivity index (χ0v) is 14.3. The Balaban J connectivity index is 1.60. The summed E-state index contributed by atoms with van der Waals surface area (Å²) in [6, 6.07) is 9.85. The van der Waals surface area contributed by atoms with Gasteiger partial charge in [0.15, 0.2) is 5.82 Å². The Labute approximate surface area is 146 Å². The molecule has 1 aliphatic rings. The van der Waals surface area contributed by atoms with Gasteiger partial charge in [0.1, 0.15) is 0 Å². The molecule has 1 atom stereocenters. The molecule has 1 unspecified atom stereocenters. The number of carbonyl (C=O) groups is 1. The lowest BCUT2D eigenvalue weighted by molar-refractivity contribution is 0.0608. The first-order valence-electron chi connectivity index (χ1n) is 8.85. The van der Waals surface area contributed by atoms with E-state index in [9.17, 15) is 4.79 Å². The number of piperidine rings is 1. The third kappa shape index (κ3) is 2.88. The third-order valence-electron chi connectivity index (χ3n) is 4.94. The smallest absolute Gasteiger partial charge is 0.255 e. The van der Waals surface area contributed by atoms with Crippen LogP contribution in [0.5, 0.6) is 0 Å². The summed E-state index contributed by atoms with van der Waals surface area (Å²) in [7, 11) is 0. The van der Waals surface area contributed by atoms with Crippen LogP contribution in [0.2, 0.25) is 0 Å². The Bertz CT molecular complexity index is 886. The van der Waals surface area contributed by atoms with Crippen molar-refractivity contribution in [2.75, 3.05) is 6.54 Å². The SMILES string of the molecule is CCC1CCCCN1C(=O)c1ccc(-c2nnc3ncccn23)cc1. The highest BCUT2D eigenvalue weighted by Crippen LogP contribution is 2.23. The number of hydrogen-bond donors (Lipinski definition) is 0. The molecule has 128 valence electrons. The molecule has 0 aliphatic carbocycles. The van der Waals surface area contributed by atoms with Gasteiger partial charge in [0.2, 0.25) is 0 Å². The third-order valence-corrected chi connectivity index (χ3v) is 4.94. The molecule has 6 heteroatoms. The highest BCUT2D eigenvalue weighted by molar-refractivity contribution is 5.95. The van der Waals surface area contributed by atoms with E-state index in [1.807, 2.05) is 45.8 Å². The van der Waals surface area contributed by atoms with E-state index in [1.165, 1.54) is 6.42 Å². The molecule has 0 bridgehead atoms. The van der Waals surface area contributed by atoms with Crippen molar-refractivity contribution >= 4 is 11.7 Å². The molecule has 25 heavy (non-hydrogen) atoms. The average molecular weight is 335 g/mol. The lowest BCUT2D eigenvalue weighted by atomic mass is 9.98. The van der Waals surface area contributed by atoms with E-state index in [1.54, 1.807) is 6.20 Å². The fourth-order valence-corrected chi connectivity index (χ4v) is 3.56. The van der Waals surface area contributed by atoms with Gasteiger partial charge in [0, 0.05) is 36.1 Å². The number of aromatic nitrogens is 4. The number of fused-ring (bicyclic) bond motifs is 1. The summed E-state index contributed by atoms with van der Waals surface area (Å²) in [5.41, 5.74) is 1.65. The molecule has 4 rings (SSSR count). The Kier molecular flexibility index (Phi) is 4.17. The summed E-state index contributed by atoms with van der Waals surface area (Å²) < 4.78 is 1.84. The second-order valence-electron chi connectivity index (χ2n) is 6.45. The minimum atomic E-state index is 0.130. The number of rotatable bonds is 3. The van der Waals surface area contributed by atoms with E-state index in [-0.39, 0.29) is 5.91 Å². The van der Waals surface area contributed by atoms with Crippen molar-refractivity contribution in [1.82, 2.24) is 24.5 Å². The lowest BCUT2D eigenvalue weighted by Gasteiger charge is -2.35. The van der Waals surface area contributed by atoms with Crippen molar-refractivity contribution < 1.29 is 4.79 Å². The minimum absolute atomic E-state index is 0.130. The molecule has 0 N–H and O–H groups in total. The van der Waals surface area contributed by atoms with Gasteiger partial charge in [-0.15, -0.1) is 10.2 Å². The Hall–Kier alpha value is -2.76. The van der Waals surface area contributed by atoms with Crippen molar-refractivity contribution in [3.63, 3.8) is 0 Å². The van der Waals surface area contributed by atoms with Crippen LogP contribution >= 0.6 is 0 Å². The van der Waals surface area contributed by atoms with Crippen molar-refractivity contribution in [3.8, 4) is 11.4 Å². The van der Waals surface area contributed by atoms with E-state index in [4.69, 9.17) is 0 Å². The highest BCUT2D eigenvalue weighted by atomic mass is 16.2. The van der Waals surface area contributed by atoms with Gasteiger partial charge in [-0.1, -0.05) is 19.1 Å². The zero-order valence-electron chi connectivity index (χ0n) is 14.3. The first-order chi connectivity index (χ1) is 12.3. The van der Waals surface area contributed by atoms with Crippen LogP contribution in [0.15, 0.2) is 42.7 Å². The topological polar surface area (TPSA) is 63.4 Å². The largest absolute Gasteiger partial charge is 0.336 e. The van der Waals surface area contributed by atoms with Crippen molar-refractivity contribution in [1.29, 1.82) is 0 Å². The molecule has 3 aromatic rings. The fraction of sp³-hybridized carbons (Fsp3) is 0.368. The van der Waals surface area contributed by atoms with Crippen molar-refractivity contribution in [2.45, 2.75) is 38.6 Å². The summed E-state index contributed by atoms with van der Waals surface area (Å²) in [5, 5.41) is 8.28. The van der Waals surface area contributed by atoms with E-state index < -0.39 is 0 Å². The monoisotopic (exact) mass is 335 g/mol. The molecule has 1 amide bonds. The molecule has 0 spiro atoms. The summed E-state index contributed by atoms with van der Waals surface area (Å²) in [6.45, 7) is 3.02. The van der Waals surface area contributed by atoms with E-state index in [0.717, 1.165) is 42.8 Å². The van der Waals surface area contributed by atoms with Crippen LogP contribution in [0.3, 0.4) is 0 Å². The summed E-state index contributed by atoms with van der Waals surface area (Å²) in [5.74, 6) is 1.43. The van der Waals surface area contributed by atoms with E-state index >= 15 is 0 Å². The van der Waals surface area contributed by atoms with E-state index in [0.29, 0.717) is 11.8 Å².